The van der Waals surface area contributed by atoms with Gasteiger partial charge in [0.15, 0.2) is 0 Å². The van der Waals surface area contributed by atoms with Crippen molar-refractivity contribution in [1.29, 1.82) is 0 Å². The summed E-state index contributed by atoms with van der Waals surface area (Å²) in [7, 11) is 0. The summed E-state index contributed by atoms with van der Waals surface area (Å²) in [6.07, 6.45) is 0. The maximum Gasteiger partial charge on any atom is 0.273 e. The highest BCUT2D eigenvalue weighted by molar-refractivity contribution is 5.87. The molecule has 0 saturated heterocycles. The number of aryl methyl sites for hydroxylation is 1. The second-order valence-corrected chi connectivity index (χ2v) is 3.58. The summed E-state index contributed by atoms with van der Waals surface area (Å²) >= 11 is 0. The summed E-state index contributed by atoms with van der Waals surface area (Å²) in [5.41, 5.74) is 0.389. The molecule has 1 heterocycles. The molecule has 0 fully saturated rings. The highest BCUT2D eigenvalue weighted by Gasteiger charge is 2.01. The average molecular weight is 245 g/mol. The number of rotatable bonds is 3. The van der Waals surface area contributed by atoms with Gasteiger partial charge >= 0.3 is 0 Å². The van der Waals surface area contributed by atoms with Gasteiger partial charge in [-0.15, -0.1) is 10.2 Å². The second-order valence-electron chi connectivity index (χ2n) is 3.58. The average Bonchev–Trinajstić information content (AvgIpc) is 2.34. The van der Waals surface area contributed by atoms with Crippen LogP contribution in [0.4, 0.5) is 11.6 Å². The molecule has 0 radical (unpaired) electrons. The Labute approximate surface area is 102 Å². The lowest BCUT2D eigenvalue weighted by Crippen LogP contribution is -2.22. The maximum absolute atomic E-state index is 11.3. The summed E-state index contributed by atoms with van der Waals surface area (Å²) in [6.45, 7) is 1.53. The first-order valence-corrected chi connectivity index (χ1v) is 5.08. The lowest BCUT2D eigenvalue weighted by atomic mass is 10.2. The van der Waals surface area contributed by atoms with Crippen LogP contribution >= 0.6 is 0 Å². The third-order valence-corrected chi connectivity index (χ3v) is 2.22. The molecule has 0 atom stereocenters. The first-order chi connectivity index (χ1) is 8.56. The number of carbonyl (C=O) groups excluding carboxylic acids is 1. The Balaban J connectivity index is 2.28. The summed E-state index contributed by atoms with van der Waals surface area (Å²) in [6, 6.07) is 5.96. The molecule has 0 spiro atoms. The molecule has 7 heteroatoms. The molecule has 2 rings (SSSR count). The van der Waals surface area contributed by atoms with Gasteiger partial charge < -0.3 is 15.2 Å². The Morgan fingerprint density at radius 2 is 2.17 bits per heavy atom. The quantitative estimate of drug-likeness (QED) is 0.759. The molecule has 7 nitrogen and oxygen atoms in total. The minimum absolute atomic E-state index is 0.0300. The zero-order chi connectivity index (χ0) is 13.1. The van der Waals surface area contributed by atoms with Gasteiger partial charge in [0.2, 0.25) is 5.95 Å². The summed E-state index contributed by atoms with van der Waals surface area (Å²) in [5.74, 6) is -1.14. The third-order valence-electron chi connectivity index (χ3n) is 2.22. The Bertz CT molecular complexity index is 651. The van der Waals surface area contributed by atoms with Gasteiger partial charge in [0, 0.05) is 5.69 Å². The highest BCUT2D eigenvalue weighted by atomic mass is 16.4. The van der Waals surface area contributed by atoms with Crippen LogP contribution in [0.15, 0.2) is 29.1 Å². The van der Waals surface area contributed by atoms with Crippen molar-refractivity contribution in [2.75, 3.05) is 5.32 Å². The van der Waals surface area contributed by atoms with E-state index in [0.29, 0.717) is 5.69 Å². The van der Waals surface area contributed by atoms with E-state index < -0.39 is 5.97 Å². The monoisotopic (exact) mass is 245 g/mol. The van der Waals surface area contributed by atoms with E-state index in [1.54, 1.807) is 12.1 Å². The number of carboxylic acids is 1. The van der Waals surface area contributed by atoms with Gasteiger partial charge in [0.25, 0.3) is 5.56 Å². The summed E-state index contributed by atoms with van der Waals surface area (Å²) in [5, 5.41) is 20.8. The van der Waals surface area contributed by atoms with Crippen LogP contribution in [0, 0.1) is 6.92 Å². The molecule has 0 aliphatic rings. The van der Waals surface area contributed by atoms with Crippen molar-refractivity contribution in [3.63, 3.8) is 0 Å². The fourth-order valence-corrected chi connectivity index (χ4v) is 1.31. The van der Waals surface area contributed by atoms with Crippen molar-refractivity contribution in [2.45, 2.75) is 6.92 Å². The molecule has 1 aromatic heterocycles. The van der Waals surface area contributed by atoms with Crippen LogP contribution in [0.1, 0.15) is 16.1 Å². The lowest BCUT2D eigenvalue weighted by molar-refractivity contribution is -0.255. The van der Waals surface area contributed by atoms with Gasteiger partial charge in [-0.25, -0.2) is 0 Å². The van der Waals surface area contributed by atoms with Crippen LogP contribution in [0.5, 0.6) is 0 Å². The molecule has 92 valence electrons. The van der Waals surface area contributed by atoms with Gasteiger partial charge in [-0.3, -0.25) is 9.78 Å². The fourth-order valence-electron chi connectivity index (χ4n) is 1.31. The van der Waals surface area contributed by atoms with Crippen molar-refractivity contribution >= 4 is 17.6 Å². The molecule has 0 amide bonds. The Morgan fingerprint density at radius 3 is 2.83 bits per heavy atom. The molecule has 0 aliphatic carbocycles. The SMILES string of the molecule is Cc1nnc(Nc2cccc(C(=O)[O-])c2)[nH]c1=O. The number of carbonyl (C=O) groups is 1. The zero-order valence-electron chi connectivity index (χ0n) is 9.43. The number of carboxylic acid groups (broad SMARTS) is 1. The molecule has 0 bridgehead atoms. The summed E-state index contributed by atoms with van der Waals surface area (Å²) < 4.78 is 0. The van der Waals surface area contributed by atoms with E-state index in [-0.39, 0.29) is 22.8 Å². The first-order valence-electron chi connectivity index (χ1n) is 5.08. The van der Waals surface area contributed by atoms with Gasteiger partial charge in [-0.05, 0) is 24.6 Å². The van der Waals surface area contributed by atoms with Crippen LogP contribution in [0.25, 0.3) is 0 Å². The van der Waals surface area contributed by atoms with Crippen LogP contribution in [-0.4, -0.2) is 21.2 Å². The predicted molar refractivity (Wildman–Crippen MR) is 61.4 cm³/mol. The van der Waals surface area contributed by atoms with E-state index in [9.17, 15) is 14.7 Å². The van der Waals surface area contributed by atoms with Gasteiger partial charge in [0.1, 0.15) is 5.69 Å². The minimum Gasteiger partial charge on any atom is -0.545 e. The van der Waals surface area contributed by atoms with Crippen molar-refractivity contribution in [3.8, 4) is 0 Å². The number of nitrogens with one attached hydrogen (secondary N) is 2. The van der Waals surface area contributed by atoms with Gasteiger partial charge in [-0.1, -0.05) is 12.1 Å². The number of benzene rings is 1. The Kier molecular flexibility index (Phi) is 3.05. The normalized spacial score (nSPS) is 10.1. The molecule has 2 aromatic rings. The van der Waals surface area contributed by atoms with E-state index in [0.717, 1.165) is 0 Å². The van der Waals surface area contributed by atoms with E-state index in [1.807, 2.05) is 0 Å². The van der Waals surface area contributed by atoms with E-state index in [1.165, 1.54) is 19.1 Å². The Hall–Kier alpha value is -2.70. The third kappa shape index (κ3) is 2.51. The van der Waals surface area contributed by atoms with Crippen molar-refractivity contribution in [3.05, 3.63) is 45.9 Å². The van der Waals surface area contributed by atoms with Crippen LogP contribution in [-0.2, 0) is 0 Å². The topological polar surface area (TPSA) is 111 Å². The van der Waals surface area contributed by atoms with E-state index >= 15 is 0 Å². The standard InChI is InChI=1S/C11H10N4O3/c1-6-9(16)13-11(15-14-6)12-8-4-2-3-7(5-8)10(17)18/h2-5H,1H3,(H,17,18)(H2,12,13,15,16)/p-1. The fraction of sp³-hybridized carbons (Fsp3) is 0.0909. The first kappa shape index (κ1) is 11.8. The molecule has 1 aromatic carbocycles. The van der Waals surface area contributed by atoms with Crippen molar-refractivity contribution < 1.29 is 9.90 Å². The molecule has 0 unspecified atom stereocenters. The van der Waals surface area contributed by atoms with E-state index in [4.69, 9.17) is 0 Å². The van der Waals surface area contributed by atoms with Crippen LogP contribution < -0.4 is 16.0 Å². The number of anilines is 2. The molecule has 18 heavy (non-hydrogen) atoms. The minimum atomic E-state index is -1.28. The molecule has 0 aliphatic heterocycles. The molecular formula is C11H9N4O3-. The zero-order valence-corrected chi connectivity index (χ0v) is 9.43. The number of aromatic nitrogens is 3. The molecular weight excluding hydrogens is 236 g/mol. The predicted octanol–water partition coefficient (Wildman–Crippen LogP) is -0.420. The number of aromatic amines is 1. The number of hydrogen-bond acceptors (Lipinski definition) is 6. The van der Waals surface area contributed by atoms with Crippen LogP contribution in [0.3, 0.4) is 0 Å². The lowest BCUT2D eigenvalue weighted by Gasteiger charge is -2.07. The number of H-pyrrole nitrogens is 1. The number of hydrogen-bond donors (Lipinski definition) is 2. The molecule has 0 saturated carbocycles. The highest BCUT2D eigenvalue weighted by Crippen LogP contribution is 2.13. The van der Waals surface area contributed by atoms with Crippen molar-refractivity contribution in [2.24, 2.45) is 0 Å². The van der Waals surface area contributed by atoms with Gasteiger partial charge in [-0.2, -0.15) is 0 Å². The molecule has 2 N–H and O–H groups in total. The number of nitrogens with zero attached hydrogens (tertiary/aromatic N) is 2. The second kappa shape index (κ2) is 4.66. The van der Waals surface area contributed by atoms with Gasteiger partial charge in [0.05, 0.1) is 5.97 Å². The number of aromatic carboxylic acids is 1. The Morgan fingerprint density at radius 1 is 1.39 bits per heavy atom. The van der Waals surface area contributed by atoms with Crippen LogP contribution in [0.2, 0.25) is 0 Å². The maximum atomic E-state index is 11.3. The van der Waals surface area contributed by atoms with E-state index in [2.05, 4.69) is 20.5 Å². The smallest absolute Gasteiger partial charge is 0.273 e. The largest absolute Gasteiger partial charge is 0.545 e. The van der Waals surface area contributed by atoms with Crippen molar-refractivity contribution in [1.82, 2.24) is 15.2 Å². The summed E-state index contributed by atoms with van der Waals surface area (Å²) in [4.78, 5) is 24.5.